The molecule has 2 aromatic rings. The molecule has 0 aromatic heterocycles. The number of non-ortho nitro benzene ring substituents is 1. The molecule has 2 rings (SSSR count). The third-order valence-corrected chi connectivity index (χ3v) is 3.19. The number of rotatable bonds is 3. The second-order valence-corrected chi connectivity index (χ2v) is 4.73. The van der Waals surface area contributed by atoms with Crippen molar-refractivity contribution in [1.82, 2.24) is 0 Å². The first kappa shape index (κ1) is 14.5. The molecule has 21 heavy (non-hydrogen) atoms. The number of hydrogen-bond acceptors (Lipinski definition) is 4. The Hall–Kier alpha value is -2.89. The van der Waals surface area contributed by atoms with Crippen LogP contribution in [0.2, 0.25) is 0 Å². The predicted octanol–water partition coefficient (Wildman–Crippen LogP) is 2.76. The number of carbonyl (C=O) groups excluding carboxylic acids is 1. The lowest BCUT2D eigenvalue weighted by Crippen LogP contribution is -2.27. The minimum atomic E-state index is -0.482. The monoisotopic (exact) mass is 285 g/mol. The Morgan fingerprint density at radius 2 is 1.81 bits per heavy atom. The van der Waals surface area contributed by atoms with Crippen molar-refractivity contribution in [2.45, 2.75) is 6.92 Å². The van der Waals surface area contributed by atoms with Crippen molar-refractivity contribution >= 4 is 23.0 Å². The van der Waals surface area contributed by atoms with Crippen molar-refractivity contribution < 1.29 is 9.72 Å². The van der Waals surface area contributed by atoms with Gasteiger partial charge in [-0.1, -0.05) is 11.6 Å². The van der Waals surface area contributed by atoms with Gasteiger partial charge in [-0.05, 0) is 31.2 Å². The topological polar surface area (TPSA) is 89.5 Å². The van der Waals surface area contributed by atoms with Gasteiger partial charge in [0.15, 0.2) is 0 Å². The first-order chi connectivity index (χ1) is 9.90. The number of hydrogen-bond donors (Lipinski definition) is 1. The summed E-state index contributed by atoms with van der Waals surface area (Å²) in [5, 5.41) is 10.6. The molecule has 0 unspecified atom stereocenters. The van der Waals surface area contributed by atoms with Crippen molar-refractivity contribution in [2.24, 2.45) is 0 Å². The third kappa shape index (κ3) is 3.00. The highest BCUT2D eigenvalue weighted by atomic mass is 16.6. The SMILES string of the molecule is Cc1ccc(N)c(C(=O)N(C)c2ccc([N+](=O)[O-])cc2)c1. The van der Waals surface area contributed by atoms with Crippen LogP contribution in [0, 0.1) is 17.0 Å². The van der Waals surface area contributed by atoms with Crippen LogP contribution in [0.15, 0.2) is 42.5 Å². The Bertz CT molecular complexity index is 696. The molecule has 0 spiro atoms. The normalized spacial score (nSPS) is 10.2. The van der Waals surface area contributed by atoms with E-state index >= 15 is 0 Å². The van der Waals surface area contributed by atoms with Crippen LogP contribution in [-0.4, -0.2) is 17.9 Å². The number of anilines is 2. The number of nitro groups is 1. The fourth-order valence-corrected chi connectivity index (χ4v) is 1.95. The van der Waals surface area contributed by atoms with E-state index in [1.54, 1.807) is 19.2 Å². The predicted molar refractivity (Wildman–Crippen MR) is 81.4 cm³/mol. The Labute approximate surface area is 121 Å². The zero-order chi connectivity index (χ0) is 15.6. The molecule has 0 heterocycles. The molecule has 2 N–H and O–H groups in total. The lowest BCUT2D eigenvalue weighted by Gasteiger charge is -2.18. The average molecular weight is 285 g/mol. The average Bonchev–Trinajstić information content (AvgIpc) is 2.48. The fourth-order valence-electron chi connectivity index (χ4n) is 1.95. The van der Waals surface area contributed by atoms with Crippen LogP contribution in [0.1, 0.15) is 15.9 Å². The van der Waals surface area contributed by atoms with Gasteiger partial charge < -0.3 is 10.6 Å². The standard InChI is InChI=1S/C15H15N3O3/c1-10-3-8-14(16)13(9-10)15(19)17(2)11-4-6-12(7-5-11)18(20)21/h3-9H,16H2,1-2H3. The highest BCUT2D eigenvalue weighted by molar-refractivity contribution is 6.09. The van der Waals surface area contributed by atoms with E-state index in [0.717, 1.165) is 5.56 Å². The minimum absolute atomic E-state index is 0.0188. The summed E-state index contributed by atoms with van der Waals surface area (Å²) in [5.74, 6) is -0.259. The molecule has 0 radical (unpaired) electrons. The smallest absolute Gasteiger partial charge is 0.269 e. The van der Waals surface area contributed by atoms with E-state index in [0.29, 0.717) is 16.9 Å². The lowest BCUT2D eigenvalue weighted by molar-refractivity contribution is -0.384. The molecule has 0 atom stereocenters. The molecule has 0 saturated carbocycles. The van der Waals surface area contributed by atoms with Crippen LogP contribution in [0.3, 0.4) is 0 Å². The number of nitrogens with zero attached hydrogens (tertiary/aromatic N) is 2. The zero-order valence-corrected chi connectivity index (χ0v) is 11.7. The Morgan fingerprint density at radius 3 is 2.38 bits per heavy atom. The van der Waals surface area contributed by atoms with Crippen LogP contribution >= 0.6 is 0 Å². The number of carbonyl (C=O) groups is 1. The first-order valence-corrected chi connectivity index (χ1v) is 6.29. The van der Waals surface area contributed by atoms with Gasteiger partial charge in [0, 0.05) is 30.6 Å². The highest BCUT2D eigenvalue weighted by Gasteiger charge is 2.17. The van der Waals surface area contributed by atoms with Crippen LogP contribution in [-0.2, 0) is 0 Å². The van der Waals surface area contributed by atoms with E-state index in [2.05, 4.69) is 0 Å². The van der Waals surface area contributed by atoms with E-state index in [4.69, 9.17) is 5.73 Å². The van der Waals surface area contributed by atoms with E-state index < -0.39 is 4.92 Å². The molecule has 108 valence electrons. The van der Waals surface area contributed by atoms with Crippen molar-refractivity contribution in [3.8, 4) is 0 Å². The van der Waals surface area contributed by atoms with Gasteiger partial charge in [-0.15, -0.1) is 0 Å². The van der Waals surface area contributed by atoms with Gasteiger partial charge in [0.2, 0.25) is 0 Å². The van der Waals surface area contributed by atoms with Crippen molar-refractivity contribution in [3.05, 3.63) is 63.7 Å². The van der Waals surface area contributed by atoms with Crippen LogP contribution in [0.5, 0.6) is 0 Å². The maximum absolute atomic E-state index is 12.4. The van der Waals surface area contributed by atoms with Crippen molar-refractivity contribution in [1.29, 1.82) is 0 Å². The molecule has 0 bridgehead atoms. The van der Waals surface area contributed by atoms with Gasteiger partial charge in [-0.25, -0.2) is 0 Å². The maximum atomic E-state index is 12.4. The molecular weight excluding hydrogens is 270 g/mol. The Balaban J connectivity index is 2.30. The van der Waals surface area contributed by atoms with Crippen molar-refractivity contribution in [2.75, 3.05) is 17.7 Å². The van der Waals surface area contributed by atoms with E-state index in [1.807, 2.05) is 13.0 Å². The number of benzene rings is 2. The molecular formula is C15H15N3O3. The van der Waals surface area contributed by atoms with Gasteiger partial charge >= 0.3 is 0 Å². The van der Waals surface area contributed by atoms with Gasteiger partial charge in [0.25, 0.3) is 11.6 Å². The third-order valence-electron chi connectivity index (χ3n) is 3.19. The van der Waals surface area contributed by atoms with Crippen LogP contribution in [0.4, 0.5) is 17.1 Å². The Morgan fingerprint density at radius 1 is 1.19 bits per heavy atom. The number of amides is 1. The maximum Gasteiger partial charge on any atom is 0.269 e. The molecule has 0 aliphatic heterocycles. The van der Waals surface area contributed by atoms with E-state index in [9.17, 15) is 14.9 Å². The second kappa shape index (κ2) is 5.62. The number of aryl methyl sites for hydroxylation is 1. The number of nitro benzene ring substituents is 1. The quantitative estimate of drug-likeness (QED) is 0.533. The van der Waals surface area contributed by atoms with Crippen LogP contribution in [0.25, 0.3) is 0 Å². The summed E-state index contributed by atoms with van der Waals surface area (Å²) < 4.78 is 0. The lowest BCUT2D eigenvalue weighted by atomic mass is 10.1. The fraction of sp³-hybridized carbons (Fsp3) is 0.133. The molecule has 0 aliphatic carbocycles. The summed E-state index contributed by atoms with van der Waals surface area (Å²) in [6, 6.07) is 11.0. The Kier molecular flexibility index (Phi) is 3.89. The molecule has 1 amide bonds. The van der Waals surface area contributed by atoms with Crippen molar-refractivity contribution in [3.63, 3.8) is 0 Å². The van der Waals surface area contributed by atoms with E-state index in [1.165, 1.54) is 29.2 Å². The van der Waals surface area contributed by atoms with E-state index in [-0.39, 0.29) is 11.6 Å². The zero-order valence-electron chi connectivity index (χ0n) is 11.7. The number of nitrogen functional groups attached to an aromatic ring is 1. The van der Waals surface area contributed by atoms with Gasteiger partial charge in [-0.2, -0.15) is 0 Å². The molecule has 6 heteroatoms. The number of nitrogens with two attached hydrogens (primary N) is 1. The molecule has 6 nitrogen and oxygen atoms in total. The summed E-state index contributed by atoms with van der Waals surface area (Å²) in [7, 11) is 1.60. The van der Waals surface area contributed by atoms with Gasteiger partial charge in [0.05, 0.1) is 10.5 Å². The second-order valence-electron chi connectivity index (χ2n) is 4.73. The summed E-state index contributed by atoms with van der Waals surface area (Å²) in [5.41, 5.74) is 8.13. The van der Waals surface area contributed by atoms with Crippen LogP contribution < -0.4 is 10.6 Å². The summed E-state index contributed by atoms with van der Waals surface area (Å²) in [6.45, 7) is 1.88. The highest BCUT2D eigenvalue weighted by Crippen LogP contribution is 2.22. The summed E-state index contributed by atoms with van der Waals surface area (Å²) in [6.07, 6.45) is 0. The van der Waals surface area contributed by atoms with Gasteiger partial charge in [0.1, 0.15) is 0 Å². The molecule has 0 aliphatic rings. The summed E-state index contributed by atoms with van der Waals surface area (Å²) in [4.78, 5) is 24.0. The molecule has 2 aromatic carbocycles. The largest absolute Gasteiger partial charge is 0.398 e. The first-order valence-electron chi connectivity index (χ1n) is 6.29. The molecule has 0 fully saturated rings. The minimum Gasteiger partial charge on any atom is -0.398 e. The molecule has 0 saturated heterocycles. The summed E-state index contributed by atoms with van der Waals surface area (Å²) >= 11 is 0. The van der Waals surface area contributed by atoms with Gasteiger partial charge in [-0.3, -0.25) is 14.9 Å².